The van der Waals surface area contributed by atoms with Gasteiger partial charge in [-0.1, -0.05) is 31.2 Å². The van der Waals surface area contributed by atoms with E-state index in [4.69, 9.17) is 0 Å². The van der Waals surface area contributed by atoms with E-state index < -0.39 is 10.0 Å². The maximum absolute atomic E-state index is 12.9. The first-order chi connectivity index (χ1) is 14.4. The van der Waals surface area contributed by atoms with Crippen LogP contribution in [0.2, 0.25) is 0 Å². The molecule has 1 amide bonds. The number of amides is 1. The van der Waals surface area contributed by atoms with Crippen molar-refractivity contribution in [3.63, 3.8) is 0 Å². The van der Waals surface area contributed by atoms with Gasteiger partial charge in [0.25, 0.3) is 5.91 Å². The maximum Gasteiger partial charge on any atom is 0.255 e. The van der Waals surface area contributed by atoms with Gasteiger partial charge in [0.2, 0.25) is 10.0 Å². The second-order valence-electron chi connectivity index (χ2n) is 7.61. The van der Waals surface area contributed by atoms with Gasteiger partial charge in [0, 0.05) is 34.8 Å². The molecule has 0 saturated carbocycles. The van der Waals surface area contributed by atoms with Gasteiger partial charge in [-0.05, 0) is 60.5 Å². The molecular weight excluding hydrogens is 416 g/mol. The van der Waals surface area contributed by atoms with Crippen molar-refractivity contribution in [3.8, 4) is 10.4 Å². The van der Waals surface area contributed by atoms with E-state index in [9.17, 15) is 13.2 Å². The Bertz CT molecular complexity index is 1120. The lowest BCUT2D eigenvalue weighted by Crippen LogP contribution is -2.39. The van der Waals surface area contributed by atoms with Crippen LogP contribution in [0.4, 0.5) is 5.69 Å². The topological polar surface area (TPSA) is 66.5 Å². The third-order valence-corrected chi connectivity index (χ3v) is 8.12. The van der Waals surface area contributed by atoms with E-state index in [1.165, 1.54) is 12.1 Å². The summed E-state index contributed by atoms with van der Waals surface area (Å²) in [6.45, 7) is 3.17. The molecule has 156 valence electrons. The number of thiophene rings is 1. The van der Waals surface area contributed by atoms with Crippen LogP contribution in [0.3, 0.4) is 0 Å². The van der Waals surface area contributed by atoms with Gasteiger partial charge in [0.15, 0.2) is 0 Å². The van der Waals surface area contributed by atoms with Crippen molar-refractivity contribution in [2.75, 3.05) is 18.4 Å². The molecule has 0 unspecified atom stereocenters. The lowest BCUT2D eigenvalue weighted by molar-refractivity contribution is 0.102. The summed E-state index contributed by atoms with van der Waals surface area (Å²) in [6.07, 6.45) is 1.93. The Morgan fingerprint density at radius 2 is 1.83 bits per heavy atom. The van der Waals surface area contributed by atoms with Crippen LogP contribution in [0, 0.1) is 5.92 Å². The van der Waals surface area contributed by atoms with Gasteiger partial charge in [0.1, 0.15) is 0 Å². The molecule has 0 radical (unpaired) electrons. The minimum atomic E-state index is -3.53. The van der Waals surface area contributed by atoms with Crippen LogP contribution >= 0.6 is 11.3 Å². The Kier molecular flexibility index (Phi) is 6.04. The fourth-order valence-electron chi connectivity index (χ4n) is 3.73. The molecule has 2 heterocycles. The minimum Gasteiger partial charge on any atom is -0.321 e. The van der Waals surface area contributed by atoms with Gasteiger partial charge in [-0.25, -0.2) is 8.42 Å². The van der Waals surface area contributed by atoms with Crippen molar-refractivity contribution in [1.29, 1.82) is 0 Å². The predicted octanol–water partition coefficient (Wildman–Crippen LogP) is 5.09. The van der Waals surface area contributed by atoms with E-state index >= 15 is 0 Å². The number of hydrogen-bond acceptors (Lipinski definition) is 4. The molecule has 1 aliphatic heterocycles. The SMILES string of the molecule is C[C@@H]1CCCN(S(=O)(=O)c2ccc(C(=O)Nc3ccccc3-c3cccs3)cc2)C1. The summed E-state index contributed by atoms with van der Waals surface area (Å²) in [5.41, 5.74) is 2.10. The first kappa shape index (κ1) is 20.8. The Labute approximate surface area is 181 Å². The molecule has 1 N–H and O–H groups in total. The summed E-state index contributed by atoms with van der Waals surface area (Å²) in [7, 11) is -3.53. The number of carbonyl (C=O) groups excluding carboxylic acids is 1. The second kappa shape index (κ2) is 8.71. The number of hydrogen-bond donors (Lipinski definition) is 1. The molecule has 0 bridgehead atoms. The predicted molar refractivity (Wildman–Crippen MR) is 121 cm³/mol. The molecule has 3 aromatic rings. The van der Waals surface area contributed by atoms with Crippen molar-refractivity contribution in [1.82, 2.24) is 4.31 Å². The van der Waals surface area contributed by atoms with Crippen LogP contribution < -0.4 is 5.32 Å². The van der Waals surface area contributed by atoms with Gasteiger partial charge >= 0.3 is 0 Å². The number of para-hydroxylation sites is 1. The Morgan fingerprint density at radius 1 is 1.07 bits per heavy atom. The molecule has 30 heavy (non-hydrogen) atoms. The van der Waals surface area contributed by atoms with Crippen LogP contribution in [-0.2, 0) is 10.0 Å². The number of sulfonamides is 1. The third kappa shape index (κ3) is 4.33. The number of anilines is 1. The Hall–Kier alpha value is -2.48. The largest absolute Gasteiger partial charge is 0.321 e. The highest BCUT2D eigenvalue weighted by atomic mass is 32.2. The van der Waals surface area contributed by atoms with Gasteiger partial charge in [0.05, 0.1) is 4.90 Å². The molecule has 4 rings (SSSR count). The molecule has 2 aromatic carbocycles. The highest BCUT2D eigenvalue weighted by molar-refractivity contribution is 7.89. The molecule has 1 saturated heterocycles. The maximum atomic E-state index is 12.9. The summed E-state index contributed by atoms with van der Waals surface area (Å²) < 4.78 is 27.4. The average Bonchev–Trinajstić information content (AvgIpc) is 3.29. The van der Waals surface area contributed by atoms with Gasteiger partial charge in [-0.3, -0.25) is 4.79 Å². The molecular formula is C23H24N2O3S2. The number of rotatable bonds is 5. The van der Waals surface area contributed by atoms with Crippen molar-refractivity contribution in [2.24, 2.45) is 5.92 Å². The standard InChI is InChI=1S/C23H24N2O3S2/c1-17-6-4-14-25(16-17)30(27,28)19-12-10-18(11-13-19)23(26)24-21-8-3-2-7-20(21)22-9-5-15-29-22/h2-3,5,7-13,15,17H,4,6,14,16H2,1H3,(H,24,26)/t17-/m1/s1. The Morgan fingerprint density at radius 3 is 2.53 bits per heavy atom. The number of benzene rings is 2. The number of nitrogens with one attached hydrogen (secondary N) is 1. The van der Waals surface area contributed by atoms with Gasteiger partial charge in [-0.15, -0.1) is 11.3 Å². The Balaban J connectivity index is 1.52. The summed E-state index contributed by atoms with van der Waals surface area (Å²) in [5, 5.41) is 4.95. The summed E-state index contributed by atoms with van der Waals surface area (Å²) in [6, 6.07) is 17.8. The minimum absolute atomic E-state index is 0.229. The first-order valence-corrected chi connectivity index (χ1v) is 12.3. The van der Waals surface area contributed by atoms with Crippen molar-refractivity contribution in [2.45, 2.75) is 24.7 Å². The van der Waals surface area contributed by atoms with E-state index in [1.807, 2.05) is 41.8 Å². The van der Waals surface area contributed by atoms with Crippen LogP contribution in [0.15, 0.2) is 70.9 Å². The summed E-state index contributed by atoms with van der Waals surface area (Å²) in [5.74, 6) is 0.0940. The van der Waals surface area contributed by atoms with E-state index in [2.05, 4.69) is 12.2 Å². The number of carbonyl (C=O) groups is 1. The third-order valence-electron chi connectivity index (χ3n) is 5.34. The highest BCUT2D eigenvalue weighted by Crippen LogP contribution is 2.31. The zero-order valence-corrected chi connectivity index (χ0v) is 18.4. The van der Waals surface area contributed by atoms with Crippen molar-refractivity contribution < 1.29 is 13.2 Å². The highest BCUT2D eigenvalue weighted by Gasteiger charge is 2.28. The van der Waals surface area contributed by atoms with Crippen LogP contribution in [0.5, 0.6) is 0 Å². The quantitative estimate of drug-likeness (QED) is 0.601. The van der Waals surface area contributed by atoms with Gasteiger partial charge in [-0.2, -0.15) is 4.31 Å². The lowest BCUT2D eigenvalue weighted by atomic mass is 10.0. The molecule has 5 nitrogen and oxygen atoms in total. The van der Waals surface area contributed by atoms with E-state index in [0.717, 1.165) is 29.0 Å². The molecule has 1 aliphatic rings. The monoisotopic (exact) mass is 440 g/mol. The number of nitrogens with zero attached hydrogens (tertiary/aromatic N) is 1. The van der Waals surface area contributed by atoms with E-state index in [0.29, 0.717) is 24.6 Å². The van der Waals surface area contributed by atoms with E-state index in [1.54, 1.807) is 27.8 Å². The molecule has 1 atom stereocenters. The summed E-state index contributed by atoms with van der Waals surface area (Å²) in [4.78, 5) is 14.1. The zero-order chi connectivity index (χ0) is 21.1. The average molecular weight is 441 g/mol. The van der Waals surface area contributed by atoms with Crippen molar-refractivity contribution >= 4 is 33.0 Å². The molecule has 1 aromatic heterocycles. The second-order valence-corrected chi connectivity index (χ2v) is 10.5. The normalized spacial score (nSPS) is 17.6. The molecule has 1 fully saturated rings. The number of piperidine rings is 1. The lowest BCUT2D eigenvalue weighted by Gasteiger charge is -2.30. The fourth-order valence-corrected chi connectivity index (χ4v) is 6.09. The summed E-state index contributed by atoms with van der Waals surface area (Å²) >= 11 is 1.61. The zero-order valence-electron chi connectivity index (χ0n) is 16.7. The van der Waals surface area contributed by atoms with Crippen molar-refractivity contribution in [3.05, 3.63) is 71.6 Å². The molecule has 0 aliphatic carbocycles. The smallest absolute Gasteiger partial charge is 0.255 e. The van der Waals surface area contributed by atoms with Crippen LogP contribution in [-0.4, -0.2) is 31.7 Å². The molecule has 7 heteroatoms. The van der Waals surface area contributed by atoms with Crippen LogP contribution in [0.1, 0.15) is 30.1 Å². The first-order valence-electron chi connectivity index (χ1n) is 9.99. The van der Waals surface area contributed by atoms with Gasteiger partial charge < -0.3 is 5.32 Å². The molecule has 0 spiro atoms. The van der Waals surface area contributed by atoms with E-state index in [-0.39, 0.29) is 10.8 Å². The van der Waals surface area contributed by atoms with Crippen LogP contribution in [0.25, 0.3) is 10.4 Å². The fraction of sp³-hybridized carbons (Fsp3) is 0.261.